The van der Waals surface area contributed by atoms with Gasteiger partial charge in [0.1, 0.15) is 11.2 Å². The van der Waals surface area contributed by atoms with Crippen molar-refractivity contribution >= 4 is 96.5 Å². The van der Waals surface area contributed by atoms with Crippen LogP contribution in [0.25, 0.3) is 119 Å². The summed E-state index contributed by atoms with van der Waals surface area (Å²) in [4.78, 5) is 0. The highest BCUT2D eigenvalue weighted by molar-refractivity contribution is 7.27. The Morgan fingerprint density at radius 2 is 0.815 bits per heavy atom. The average Bonchev–Trinajstić information content (AvgIpc) is 3.81. The average molecular weight is 703 g/mol. The summed E-state index contributed by atoms with van der Waals surface area (Å²) in [5.41, 5.74) is 9.24. The molecule has 12 rings (SSSR count). The van der Waals surface area contributed by atoms with E-state index in [1.165, 1.54) is 102 Å². The molecule has 0 amide bonds. The third-order valence-electron chi connectivity index (χ3n) is 11.4. The fourth-order valence-electron chi connectivity index (χ4n) is 8.93. The molecule has 2 aromatic heterocycles. The molecule has 2 heterocycles. The molecule has 54 heavy (non-hydrogen) atoms. The van der Waals surface area contributed by atoms with Crippen molar-refractivity contribution in [1.82, 2.24) is 0 Å². The fourth-order valence-corrected chi connectivity index (χ4v) is 10.3. The molecule has 10 aromatic carbocycles. The molecule has 0 saturated heterocycles. The van der Waals surface area contributed by atoms with E-state index >= 15 is 0 Å². The Morgan fingerprint density at radius 3 is 1.56 bits per heavy atom. The van der Waals surface area contributed by atoms with E-state index in [4.69, 9.17) is 4.42 Å². The number of fused-ring (bicyclic) bond motifs is 12. The lowest BCUT2D eigenvalue weighted by Gasteiger charge is -2.18. The van der Waals surface area contributed by atoms with Gasteiger partial charge in [-0.05, 0) is 107 Å². The van der Waals surface area contributed by atoms with Gasteiger partial charge in [-0.1, -0.05) is 152 Å². The summed E-state index contributed by atoms with van der Waals surface area (Å²) >= 11 is 1.88. The van der Waals surface area contributed by atoms with Crippen LogP contribution in [0.2, 0.25) is 0 Å². The van der Waals surface area contributed by atoms with E-state index in [1.807, 2.05) is 11.3 Å². The molecule has 0 aliphatic heterocycles. The van der Waals surface area contributed by atoms with Gasteiger partial charge in [0.15, 0.2) is 0 Å². The Morgan fingerprint density at radius 1 is 0.296 bits per heavy atom. The molecule has 12 aromatic rings. The van der Waals surface area contributed by atoms with Crippen molar-refractivity contribution in [2.75, 3.05) is 0 Å². The van der Waals surface area contributed by atoms with Gasteiger partial charge in [0.05, 0.1) is 0 Å². The summed E-state index contributed by atoms with van der Waals surface area (Å²) in [6.07, 6.45) is 0. The minimum Gasteiger partial charge on any atom is -0.456 e. The smallest absolute Gasteiger partial charge is 0.136 e. The van der Waals surface area contributed by atoms with E-state index in [0.717, 1.165) is 16.6 Å². The van der Waals surface area contributed by atoms with Crippen LogP contribution in [-0.4, -0.2) is 0 Å². The summed E-state index contributed by atoms with van der Waals surface area (Å²) in [5.74, 6) is 0. The first-order valence-electron chi connectivity index (χ1n) is 18.5. The van der Waals surface area contributed by atoms with Crippen LogP contribution in [0, 0.1) is 0 Å². The number of rotatable bonds is 3. The van der Waals surface area contributed by atoms with E-state index in [2.05, 4.69) is 182 Å². The summed E-state index contributed by atoms with van der Waals surface area (Å²) in [7, 11) is 0. The number of hydrogen-bond donors (Lipinski definition) is 0. The molecular formula is C52H30OS. The monoisotopic (exact) mass is 702 g/mol. The molecule has 0 spiro atoms. The molecule has 0 atom stereocenters. The second kappa shape index (κ2) is 11.4. The number of thiophene rings is 1. The third kappa shape index (κ3) is 4.32. The topological polar surface area (TPSA) is 13.1 Å². The van der Waals surface area contributed by atoms with Gasteiger partial charge < -0.3 is 4.42 Å². The molecule has 0 aliphatic rings. The molecule has 0 radical (unpaired) electrons. The van der Waals surface area contributed by atoms with Crippen LogP contribution < -0.4 is 0 Å². The van der Waals surface area contributed by atoms with E-state index < -0.39 is 0 Å². The van der Waals surface area contributed by atoms with Crippen LogP contribution in [0.15, 0.2) is 186 Å². The summed E-state index contributed by atoms with van der Waals surface area (Å²) < 4.78 is 9.09. The van der Waals surface area contributed by atoms with Crippen LogP contribution >= 0.6 is 11.3 Å². The van der Waals surface area contributed by atoms with Crippen molar-refractivity contribution in [3.8, 4) is 33.4 Å². The molecule has 0 bridgehead atoms. The molecule has 0 aliphatic carbocycles. The van der Waals surface area contributed by atoms with Gasteiger partial charge >= 0.3 is 0 Å². The van der Waals surface area contributed by atoms with Crippen LogP contribution in [0.4, 0.5) is 0 Å². The highest BCUT2D eigenvalue weighted by atomic mass is 32.1. The van der Waals surface area contributed by atoms with Gasteiger partial charge in [-0.3, -0.25) is 0 Å². The van der Waals surface area contributed by atoms with Crippen LogP contribution in [0.3, 0.4) is 0 Å². The Hall–Kier alpha value is -6.74. The predicted molar refractivity (Wildman–Crippen MR) is 233 cm³/mol. The van der Waals surface area contributed by atoms with Crippen molar-refractivity contribution in [2.45, 2.75) is 0 Å². The van der Waals surface area contributed by atoms with E-state index in [-0.39, 0.29) is 0 Å². The largest absolute Gasteiger partial charge is 0.456 e. The fraction of sp³-hybridized carbons (Fsp3) is 0. The molecule has 0 fully saturated rings. The molecular weight excluding hydrogens is 673 g/mol. The molecule has 0 saturated carbocycles. The van der Waals surface area contributed by atoms with Gasteiger partial charge in [-0.2, -0.15) is 0 Å². The zero-order chi connectivity index (χ0) is 35.3. The second-order valence-corrected chi connectivity index (χ2v) is 15.4. The number of benzene rings is 10. The molecule has 2 heteroatoms. The Kier molecular flexibility index (Phi) is 6.28. The Labute approximate surface area is 314 Å². The predicted octanol–water partition coefficient (Wildman–Crippen LogP) is 15.6. The summed E-state index contributed by atoms with van der Waals surface area (Å²) in [6, 6.07) is 66.7. The maximum Gasteiger partial charge on any atom is 0.136 e. The highest BCUT2D eigenvalue weighted by Gasteiger charge is 2.19. The minimum absolute atomic E-state index is 0.921. The molecule has 0 N–H and O–H groups in total. The molecule has 250 valence electrons. The molecule has 0 unspecified atom stereocenters. The zero-order valence-electron chi connectivity index (χ0n) is 29.1. The Bertz CT molecular complexity index is 3430. The minimum atomic E-state index is 0.921. The second-order valence-electron chi connectivity index (χ2n) is 14.4. The third-order valence-corrected chi connectivity index (χ3v) is 12.7. The van der Waals surface area contributed by atoms with Gasteiger partial charge in [0, 0.05) is 30.9 Å². The SMILES string of the molecule is c1ccc2cc(-c3c4ccccc4c(-c4ccc(-c5ccc6oc7ccc8c9ccc%10ccccc%10c9sc8c7c6c5)cc4)c4ccccc34)ccc2c1. The lowest BCUT2D eigenvalue weighted by Crippen LogP contribution is -1.91. The normalized spacial score (nSPS) is 12.1. The summed E-state index contributed by atoms with van der Waals surface area (Å²) in [5, 5.41) is 15.1. The van der Waals surface area contributed by atoms with Crippen LogP contribution in [0.1, 0.15) is 0 Å². The van der Waals surface area contributed by atoms with Gasteiger partial charge in [0.25, 0.3) is 0 Å². The number of furan rings is 1. The quantitative estimate of drug-likeness (QED) is 0.167. The van der Waals surface area contributed by atoms with Crippen molar-refractivity contribution in [3.05, 3.63) is 182 Å². The maximum absolute atomic E-state index is 6.46. The van der Waals surface area contributed by atoms with Crippen molar-refractivity contribution < 1.29 is 4.42 Å². The van der Waals surface area contributed by atoms with Crippen LogP contribution in [0.5, 0.6) is 0 Å². The van der Waals surface area contributed by atoms with Gasteiger partial charge in [-0.15, -0.1) is 11.3 Å². The lowest BCUT2D eigenvalue weighted by molar-refractivity contribution is 0.669. The van der Waals surface area contributed by atoms with E-state index in [0.29, 0.717) is 0 Å². The van der Waals surface area contributed by atoms with E-state index in [1.54, 1.807) is 0 Å². The first-order valence-corrected chi connectivity index (χ1v) is 19.3. The lowest BCUT2D eigenvalue weighted by atomic mass is 9.85. The maximum atomic E-state index is 6.46. The Balaban J connectivity index is 1.01. The standard InChI is InChI=1S/C52H30OS/c1-2-11-35-29-37(22-19-31(35)9-1)49-41-15-7-5-13-39(41)48(40-14-6-8-16-42(40)49)34-20-17-32(18-21-34)36-24-27-46-45(30-36)50-47(53-46)28-26-44-43-25-23-33-10-3-4-12-38(33)51(43)54-52(44)50/h1-30H. The van der Waals surface area contributed by atoms with Crippen LogP contribution in [-0.2, 0) is 0 Å². The summed E-state index contributed by atoms with van der Waals surface area (Å²) in [6.45, 7) is 0. The van der Waals surface area contributed by atoms with Crippen molar-refractivity contribution in [3.63, 3.8) is 0 Å². The first kappa shape index (κ1) is 29.8. The van der Waals surface area contributed by atoms with E-state index in [9.17, 15) is 0 Å². The van der Waals surface area contributed by atoms with Gasteiger partial charge in [0.2, 0.25) is 0 Å². The van der Waals surface area contributed by atoms with Gasteiger partial charge in [-0.25, -0.2) is 0 Å². The first-order chi connectivity index (χ1) is 26.8. The van der Waals surface area contributed by atoms with Crippen molar-refractivity contribution in [2.24, 2.45) is 0 Å². The number of hydrogen-bond acceptors (Lipinski definition) is 2. The highest BCUT2D eigenvalue weighted by Crippen LogP contribution is 2.47. The zero-order valence-corrected chi connectivity index (χ0v) is 30.0. The van der Waals surface area contributed by atoms with Crippen molar-refractivity contribution in [1.29, 1.82) is 0 Å². The molecule has 1 nitrogen and oxygen atoms in total.